The molecule has 0 unspecified atom stereocenters. The molecule has 0 aliphatic carbocycles. The van der Waals surface area contributed by atoms with Crippen LogP contribution < -0.4 is 15.6 Å². The van der Waals surface area contributed by atoms with E-state index in [-0.39, 0.29) is 5.75 Å². The first kappa shape index (κ1) is 15.5. The van der Waals surface area contributed by atoms with Gasteiger partial charge < -0.3 is 9.72 Å². The van der Waals surface area contributed by atoms with Crippen molar-refractivity contribution in [2.75, 3.05) is 6.61 Å². The van der Waals surface area contributed by atoms with Gasteiger partial charge in [-0.3, -0.25) is 20.4 Å². The Kier molecular flexibility index (Phi) is 4.42. The second-order valence-electron chi connectivity index (χ2n) is 4.97. The minimum absolute atomic E-state index is 0.0318. The molecular weight excluding hydrogens is 313 g/mol. The maximum Gasteiger partial charge on any atom is 0.276 e. The lowest BCUT2D eigenvalue weighted by atomic mass is 10.2. The predicted octanol–water partition coefficient (Wildman–Crippen LogP) is 2.15. The molecule has 3 aromatic rings. The van der Waals surface area contributed by atoms with E-state index in [0.717, 1.165) is 10.9 Å². The van der Waals surface area contributed by atoms with Crippen molar-refractivity contribution in [2.24, 2.45) is 0 Å². The molecule has 2 aromatic carbocycles. The molecule has 7 heteroatoms. The van der Waals surface area contributed by atoms with Crippen molar-refractivity contribution in [3.05, 3.63) is 66.1 Å². The van der Waals surface area contributed by atoms with Gasteiger partial charge in [-0.05, 0) is 18.2 Å². The summed E-state index contributed by atoms with van der Waals surface area (Å²) in [6, 6.07) is 13.0. The molecule has 0 atom stereocenters. The lowest BCUT2D eigenvalue weighted by Crippen LogP contribution is -2.43. The first-order valence-corrected chi connectivity index (χ1v) is 7.18. The summed E-state index contributed by atoms with van der Waals surface area (Å²) >= 11 is 0. The maximum absolute atomic E-state index is 13.4. The number of hydrazine groups is 1. The van der Waals surface area contributed by atoms with Crippen molar-refractivity contribution >= 4 is 22.7 Å². The van der Waals surface area contributed by atoms with E-state index < -0.39 is 24.2 Å². The minimum Gasteiger partial charge on any atom is -0.481 e. The maximum atomic E-state index is 13.4. The van der Waals surface area contributed by atoms with Gasteiger partial charge in [-0.25, -0.2) is 4.39 Å². The highest BCUT2D eigenvalue weighted by atomic mass is 19.1. The molecule has 1 aromatic heterocycles. The third-order valence-electron chi connectivity index (χ3n) is 3.34. The van der Waals surface area contributed by atoms with Gasteiger partial charge in [-0.15, -0.1) is 0 Å². The first-order chi connectivity index (χ1) is 11.6. The predicted molar refractivity (Wildman–Crippen MR) is 85.8 cm³/mol. The molecule has 1 heterocycles. The molecule has 6 nitrogen and oxygen atoms in total. The zero-order chi connectivity index (χ0) is 16.9. The molecule has 0 radical (unpaired) electrons. The minimum atomic E-state index is -0.605. The highest BCUT2D eigenvalue weighted by molar-refractivity contribution is 6.07. The number of carbonyl (C=O) groups is 2. The quantitative estimate of drug-likeness (QED) is 0.642. The second kappa shape index (κ2) is 6.82. The number of para-hydroxylation sites is 2. The van der Waals surface area contributed by atoms with E-state index in [1.807, 2.05) is 18.2 Å². The van der Waals surface area contributed by atoms with Crippen molar-refractivity contribution in [2.45, 2.75) is 0 Å². The van der Waals surface area contributed by atoms with Gasteiger partial charge in [0.1, 0.15) is 0 Å². The van der Waals surface area contributed by atoms with Gasteiger partial charge in [-0.1, -0.05) is 30.3 Å². The van der Waals surface area contributed by atoms with Crippen molar-refractivity contribution in [1.82, 2.24) is 15.8 Å². The van der Waals surface area contributed by atoms with Crippen LogP contribution in [0.25, 0.3) is 10.9 Å². The number of aromatic amines is 1. The van der Waals surface area contributed by atoms with E-state index in [9.17, 15) is 14.0 Å². The average Bonchev–Trinajstić information content (AvgIpc) is 3.03. The molecule has 0 saturated carbocycles. The van der Waals surface area contributed by atoms with Crippen molar-refractivity contribution in [1.29, 1.82) is 0 Å². The number of hydrogen-bond acceptors (Lipinski definition) is 3. The van der Waals surface area contributed by atoms with Gasteiger partial charge in [-0.2, -0.15) is 0 Å². The summed E-state index contributed by atoms with van der Waals surface area (Å²) in [6.07, 6.45) is 1.56. The van der Waals surface area contributed by atoms with E-state index in [4.69, 9.17) is 4.74 Å². The number of amides is 2. The van der Waals surface area contributed by atoms with E-state index in [1.165, 1.54) is 18.2 Å². The van der Waals surface area contributed by atoms with Crippen LogP contribution in [0.2, 0.25) is 0 Å². The highest BCUT2D eigenvalue weighted by Gasteiger charge is 2.13. The van der Waals surface area contributed by atoms with Gasteiger partial charge >= 0.3 is 0 Å². The number of carbonyl (C=O) groups excluding carboxylic acids is 2. The molecule has 3 N–H and O–H groups in total. The Labute approximate surface area is 136 Å². The van der Waals surface area contributed by atoms with E-state index in [0.29, 0.717) is 5.56 Å². The fourth-order valence-electron chi connectivity index (χ4n) is 2.19. The zero-order valence-electron chi connectivity index (χ0n) is 12.5. The first-order valence-electron chi connectivity index (χ1n) is 7.18. The Hall–Kier alpha value is -3.35. The van der Waals surface area contributed by atoms with E-state index in [1.54, 1.807) is 18.3 Å². The fraction of sp³-hybridized carbons (Fsp3) is 0.0588. The standard InChI is InChI=1S/C17H14FN3O3/c18-13-6-2-4-8-15(13)24-10-16(22)20-21-17(23)12-9-19-14-7-3-1-5-11(12)14/h1-9,19H,10H2,(H,20,22)(H,21,23). The van der Waals surface area contributed by atoms with Crippen LogP contribution in [-0.2, 0) is 4.79 Å². The summed E-state index contributed by atoms with van der Waals surface area (Å²) in [4.78, 5) is 26.8. The van der Waals surface area contributed by atoms with Gasteiger partial charge in [0.2, 0.25) is 0 Å². The van der Waals surface area contributed by atoms with Gasteiger partial charge in [0.05, 0.1) is 5.56 Å². The molecule has 0 aliphatic heterocycles. The largest absolute Gasteiger partial charge is 0.481 e. The van der Waals surface area contributed by atoms with E-state index in [2.05, 4.69) is 15.8 Å². The third kappa shape index (κ3) is 3.35. The average molecular weight is 327 g/mol. The molecule has 0 bridgehead atoms. The number of nitrogens with one attached hydrogen (secondary N) is 3. The Morgan fingerprint density at radius 3 is 2.62 bits per heavy atom. The summed E-state index contributed by atoms with van der Waals surface area (Å²) in [7, 11) is 0. The molecule has 24 heavy (non-hydrogen) atoms. The Morgan fingerprint density at radius 2 is 1.79 bits per heavy atom. The lowest BCUT2D eigenvalue weighted by molar-refractivity contribution is -0.123. The second-order valence-corrected chi connectivity index (χ2v) is 4.97. The molecule has 122 valence electrons. The van der Waals surface area contributed by atoms with Crippen LogP contribution in [0.1, 0.15) is 10.4 Å². The summed E-state index contributed by atoms with van der Waals surface area (Å²) in [5, 5.41) is 0.742. The Balaban J connectivity index is 1.54. The van der Waals surface area contributed by atoms with Gasteiger partial charge in [0.15, 0.2) is 18.2 Å². The SMILES string of the molecule is O=C(COc1ccccc1F)NNC(=O)c1c[nH]c2ccccc12. The lowest BCUT2D eigenvalue weighted by Gasteiger charge is -2.09. The summed E-state index contributed by atoms with van der Waals surface area (Å²) in [5.41, 5.74) is 5.74. The van der Waals surface area contributed by atoms with Crippen LogP contribution in [0, 0.1) is 5.82 Å². The number of hydrogen-bond donors (Lipinski definition) is 3. The van der Waals surface area contributed by atoms with Gasteiger partial charge in [0.25, 0.3) is 11.8 Å². The topological polar surface area (TPSA) is 83.2 Å². The number of rotatable bonds is 4. The molecule has 0 saturated heterocycles. The van der Waals surface area contributed by atoms with E-state index >= 15 is 0 Å². The zero-order valence-corrected chi connectivity index (χ0v) is 12.5. The molecule has 0 spiro atoms. The molecule has 0 fully saturated rings. The molecule has 0 aliphatic rings. The monoisotopic (exact) mass is 327 g/mol. The summed E-state index contributed by atoms with van der Waals surface area (Å²) < 4.78 is 18.4. The van der Waals surface area contributed by atoms with Crippen molar-refractivity contribution in [3.8, 4) is 5.75 Å². The smallest absolute Gasteiger partial charge is 0.276 e. The Morgan fingerprint density at radius 1 is 1.04 bits per heavy atom. The van der Waals surface area contributed by atoms with Crippen LogP contribution in [0.4, 0.5) is 4.39 Å². The number of fused-ring (bicyclic) bond motifs is 1. The molecular formula is C17H14FN3O3. The van der Waals surface area contributed by atoms with Crippen molar-refractivity contribution < 1.29 is 18.7 Å². The number of benzene rings is 2. The summed E-state index contributed by atoms with van der Waals surface area (Å²) in [6.45, 7) is -0.422. The number of H-pyrrole nitrogens is 1. The van der Waals surface area contributed by atoms with Crippen LogP contribution in [0.5, 0.6) is 5.75 Å². The third-order valence-corrected chi connectivity index (χ3v) is 3.34. The Bertz CT molecular complexity index is 891. The number of aromatic nitrogens is 1. The highest BCUT2D eigenvalue weighted by Crippen LogP contribution is 2.17. The van der Waals surface area contributed by atoms with Crippen LogP contribution >= 0.6 is 0 Å². The fourth-order valence-corrected chi connectivity index (χ4v) is 2.19. The normalized spacial score (nSPS) is 10.4. The van der Waals surface area contributed by atoms with Crippen LogP contribution in [-0.4, -0.2) is 23.4 Å². The van der Waals surface area contributed by atoms with Crippen LogP contribution in [0.15, 0.2) is 54.7 Å². The molecule has 2 amide bonds. The number of ether oxygens (including phenoxy) is 1. The van der Waals surface area contributed by atoms with Crippen molar-refractivity contribution in [3.63, 3.8) is 0 Å². The molecule has 3 rings (SSSR count). The number of halogens is 1. The summed E-state index contributed by atoms with van der Waals surface area (Å²) in [5.74, 6) is -1.66. The van der Waals surface area contributed by atoms with Crippen LogP contribution in [0.3, 0.4) is 0 Å². The van der Waals surface area contributed by atoms with Gasteiger partial charge in [0, 0.05) is 17.1 Å².